The largest absolute Gasteiger partial charge is 0.379 e. The zero-order valence-electron chi connectivity index (χ0n) is 17.2. The first kappa shape index (κ1) is 20.4. The molecule has 1 aliphatic heterocycles. The van der Waals surface area contributed by atoms with Crippen molar-refractivity contribution in [3.63, 3.8) is 0 Å². The summed E-state index contributed by atoms with van der Waals surface area (Å²) in [5.74, 6) is 0. The molecule has 3 aliphatic rings. The number of allylic oxidation sites excluding steroid dienone is 2. The summed E-state index contributed by atoms with van der Waals surface area (Å²) < 4.78 is 33.7. The highest BCUT2D eigenvalue weighted by molar-refractivity contribution is 7.89. The standard InChI is InChI=1S/C23H25N3O4S/c27-23-20-5-2-1-4-19(20)21-15-16-14-17(6-7-18(16)22(21)25-23)31(28,29)24-8-3-9-26-10-12-30-13-11-26/h1-2,5-7,14-15,24H,3-4,8-13H2,(H,25,27). The molecule has 2 aromatic rings. The van der Waals surface area contributed by atoms with E-state index in [1.165, 1.54) is 0 Å². The number of morpholine rings is 1. The van der Waals surface area contributed by atoms with Crippen LogP contribution in [0.4, 0.5) is 0 Å². The van der Waals surface area contributed by atoms with E-state index in [0.717, 1.165) is 66.2 Å². The molecule has 1 aromatic carbocycles. The predicted octanol–water partition coefficient (Wildman–Crippen LogP) is -0.303. The minimum Gasteiger partial charge on any atom is -0.379 e. The number of hydrogen-bond donors (Lipinski definition) is 2. The molecule has 162 valence electrons. The smallest absolute Gasteiger partial charge is 0.256 e. The molecule has 7 nitrogen and oxygen atoms in total. The summed E-state index contributed by atoms with van der Waals surface area (Å²) in [5.41, 5.74) is 1.85. The second-order valence-electron chi connectivity index (χ2n) is 8.03. The molecule has 0 spiro atoms. The number of hydrogen-bond acceptors (Lipinski definition) is 5. The van der Waals surface area contributed by atoms with E-state index < -0.39 is 10.0 Å². The molecular weight excluding hydrogens is 414 g/mol. The van der Waals surface area contributed by atoms with Crippen LogP contribution >= 0.6 is 0 Å². The number of pyridine rings is 1. The number of rotatable bonds is 6. The number of benzene rings is 1. The molecular formula is C23H25N3O4S. The van der Waals surface area contributed by atoms with Gasteiger partial charge in [-0.3, -0.25) is 9.69 Å². The summed E-state index contributed by atoms with van der Waals surface area (Å²) in [6, 6.07) is 5.08. The van der Waals surface area contributed by atoms with Gasteiger partial charge in [-0.1, -0.05) is 18.2 Å². The van der Waals surface area contributed by atoms with Crippen LogP contribution in [0.5, 0.6) is 0 Å². The first-order chi connectivity index (χ1) is 15.0. The van der Waals surface area contributed by atoms with Gasteiger partial charge in [-0.15, -0.1) is 0 Å². The van der Waals surface area contributed by atoms with Gasteiger partial charge in [0, 0.05) is 35.6 Å². The van der Waals surface area contributed by atoms with Crippen LogP contribution in [-0.4, -0.2) is 57.7 Å². The van der Waals surface area contributed by atoms with Crippen molar-refractivity contribution < 1.29 is 13.2 Å². The van der Waals surface area contributed by atoms with Gasteiger partial charge in [0.15, 0.2) is 0 Å². The van der Waals surface area contributed by atoms with Gasteiger partial charge in [0.1, 0.15) is 0 Å². The first-order valence-electron chi connectivity index (χ1n) is 10.6. The topological polar surface area (TPSA) is 91.5 Å². The lowest BCUT2D eigenvalue weighted by Gasteiger charge is -2.26. The third kappa shape index (κ3) is 3.92. The molecule has 1 fully saturated rings. The predicted molar refractivity (Wildman–Crippen MR) is 118 cm³/mol. The summed E-state index contributed by atoms with van der Waals surface area (Å²) in [5, 5.41) is 3.12. The maximum Gasteiger partial charge on any atom is 0.256 e. The lowest BCUT2D eigenvalue weighted by Crippen LogP contribution is -2.38. The highest BCUT2D eigenvalue weighted by Crippen LogP contribution is 2.15. The Kier molecular flexibility index (Phi) is 5.39. The second kappa shape index (κ2) is 8.20. The fourth-order valence-corrected chi connectivity index (χ4v) is 5.54. The maximum absolute atomic E-state index is 12.8. The highest BCUT2D eigenvalue weighted by Gasteiger charge is 2.17. The molecule has 8 heteroatoms. The molecule has 31 heavy (non-hydrogen) atoms. The first-order valence-corrected chi connectivity index (χ1v) is 12.1. The van der Waals surface area contributed by atoms with Crippen molar-refractivity contribution >= 4 is 22.2 Å². The molecule has 2 aliphatic carbocycles. The lowest BCUT2D eigenvalue weighted by molar-refractivity contribution is 0.0376. The number of fused-ring (bicyclic) bond motifs is 4. The number of ether oxygens (including phenoxy) is 1. The Morgan fingerprint density at radius 3 is 2.87 bits per heavy atom. The Balaban J connectivity index is 1.39. The van der Waals surface area contributed by atoms with Crippen molar-refractivity contribution in [1.82, 2.24) is 14.6 Å². The van der Waals surface area contributed by atoms with Gasteiger partial charge in [-0.05, 0) is 54.5 Å². The molecule has 0 radical (unpaired) electrons. The van der Waals surface area contributed by atoms with Gasteiger partial charge in [0.2, 0.25) is 10.0 Å². The zero-order chi connectivity index (χ0) is 21.4. The summed E-state index contributed by atoms with van der Waals surface area (Å²) >= 11 is 0. The van der Waals surface area contributed by atoms with E-state index in [-0.39, 0.29) is 10.5 Å². The summed E-state index contributed by atoms with van der Waals surface area (Å²) in [7, 11) is -3.60. The molecule has 1 aromatic heterocycles. The van der Waals surface area contributed by atoms with Gasteiger partial charge in [-0.25, -0.2) is 13.1 Å². The van der Waals surface area contributed by atoms with Crippen LogP contribution in [0.3, 0.4) is 0 Å². The zero-order valence-corrected chi connectivity index (χ0v) is 18.0. The maximum atomic E-state index is 12.8. The van der Waals surface area contributed by atoms with Gasteiger partial charge in [-0.2, -0.15) is 0 Å². The number of nitrogens with one attached hydrogen (secondary N) is 2. The van der Waals surface area contributed by atoms with E-state index in [4.69, 9.17) is 4.74 Å². The van der Waals surface area contributed by atoms with Crippen LogP contribution in [0.25, 0.3) is 12.2 Å². The average molecular weight is 440 g/mol. The van der Waals surface area contributed by atoms with E-state index in [1.54, 1.807) is 18.2 Å². The van der Waals surface area contributed by atoms with E-state index in [9.17, 15) is 13.2 Å². The SMILES string of the molecule is O=c1[nH]c2c(c3c1=CC=CC3)C=c1cc(S(=O)(=O)NCCCN3CCOCC3)ccc1=2. The van der Waals surface area contributed by atoms with Crippen LogP contribution in [0, 0.1) is 10.6 Å². The van der Waals surface area contributed by atoms with Crippen LogP contribution < -0.4 is 20.7 Å². The quantitative estimate of drug-likeness (QED) is 0.515. The monoisotopic (exact) mass is 439 g/mol. The van der Waals surface area contributed by atoms with Crippen molar-refractivity contribution in [2.75, 3.05) is 39.4 Å². The Morgan fingerprint density at radius 2 is 2.03 bits per heavy atom. The van der Waals surface area contributed by atoms with Crippen LogP contribution in [0.1, 0.15) is 17.5 Å². The van der Waals surface area contributed by atoms with E-state index in [2.05, 4.69) is 14.6 Å². The van der Waals surface area contributed by atoms with E-state index in [0.29, 0.717) is 18.2 Å². The molecule has 5 rings (SSSR count). The summed E-state index contributed by atoms with van der Waals surface area (Å²) in [6.07, 6.45) is 9.16. The van der Waals surface area contributed by atoms with Crippen molar-refractivity contribution in [3.8, 4) is 0 Å². The lowest BCUT2D eigenvalue weighted by atomic mass is 10.0. The minimum atomic E-state index is -3.60. The number of aromatic amines is 1. The second-order valence-corrected chi connectivity index (χ2v) is 9.80. The Morgan fingerprint density at radius 1 is 1.19 bits per heavy atom. The molecule has 0 bridgehead atoms. The van der Waals surface area contributed by atoms with Gasteiger partial charge in [0.05, 0.1) is 23.5 Å². The van der Waals surface area contributed by atoms with E-state index in [1.807, 2.05) is 24.3 Å². The van der Waals surface area contributed by atoms with E-state index >= 15 is 0 Å². The fourth-order valence-electron chi connectivity index (χ4n) is 4.43. The summed E-state index contributed by atoms with van der Waals surface area (Å²) in [6.45, 7) is 4.51. The minimum absolute atomic E-state index is 0.113. The van der Waals surface area contributed by atoms with Crippen molar-refractivity contribution in [1.29, 1.82) is 0 Å². The molecule has 0 atom stereocenters. The molecule has 0 saturated carbocycles. The third-order valence-electron chi connectivity index (χ3n) is 6.07. The highest BCUT2D eigenvalue weighted by atomic mass is 32.2. The average Bonchev–Trinajstić information content (AvgIpc) is 3.16. The molecule has 0 unspecified atom stereocenters. The summed E-state index contributed by atoms with van der Waals surface area (Å²) in [4.78, 5) is 18.0. The number of nitrogens with zero attached hydrogens (tertiary/aromatic N) is 1. The van der Waals surface area contributed by atoms with Gasteiger partial charge >= 0.3 is 0 Å². The van der Waals surface area contributed by atoms with Crippen LogP contribution in [0.15, 0.2) is 40.0 Å². The molecule has 2 N–H and O–H groups in total. The molecule has 2 heterocycles. The van der Waals surface area contributed by atoms with Crippen molar-refractivity contribution in [3.05, 3.63) is 72.8 Å². The normalized spacial score (nSPS) is 17.4. The van der Waals surface area contributed by atoms with Gasteiger partial charge < -0.3 is 9.72 Å². The number of H-pyrrole nitrogens is 1. The number of sulfonamides is 1. The molecule has 1 saturated heterocycles. The van der Waals surface area contributed by atoms with Crippen molar-refractivity contribution in [2.45, 2.75) is 17.7 Å². The van der Waals surface area contributed by atoms with Crippen molar-refractivity contribution in [2.24, 2.45) is 0 Å². The van der Waals surface area contributed by atoms with Gasteiger partial charge in [0.25, 0.3) is 5.56 Å². The fraction of sp³-hybridized carbons (Fsp3) is 0.348. The Labute approximate surface area is 180 Å². The third-order valence-corrected chi connectivity index (χ3v) is 7.53. The number of aromatic nitrogens is 1. The van der Waals surface area contributed by atoms with Crippen LogP contribution in [0.2, 0.25) is 0 Å². The van der Waals surface area contributed by atoms with Crippen LogP contribution in [-0.2, 0) is 21.2 Å². The Bertz CT molecular complexity index is 1440. The molecule has 0 amide bonds. The Hall–Kier alpha value is -2.52.